The third-order valence-corrected chi connectivity index (χ3v) is 4.59. The first-order valence-electron chi connectivity index (χ1n) is 7.80. The molecule has 0 heterocycles. The van der Waals surface area contributed by atoms with Crippen LogP contribution in [0.5, 0.6) is 0 Å². The van der Waals surface area contributed by atoms with Gasteiger partial charge in [0.1, 0.15) is 0 Å². The van der Waals surface area contributed by atoms with Crippen molar-refractivity contribution < 1.29 is 34.4 Å². The number of carbonyl (C=O) groups is 2. The van der Waals surface area contributed by atoms with Crippen LogP contribution >= 0.6 is 0 Å². The van der Waals surface area contributed by atoms with Gasteiger partial charge in [-0.15, -0.1) is 0 Å². The van der Waals surface area contributed by atoms with Crippen molar-refractivity contribution in [2.75, 3.05) is 13.2 Å². The Bertz CT molecular complexity index is 471. The van der Waals surface area contributed by atoms with Gasteiger partial charge in [-0.25, -0.2) is 9.59 Å². The van der Waals surface area contributed by atoms with E-state index in [9.17, 15) is 24.9 Å². The van der Waals surface area contributed by atoms with Crippen molar-refractivity contribution in [1.82, 2.24) is 0 Å². The third-order valence-electron chi connectivity index (χ3n) is 4.59. The predicted molar refractivity (Wildman–Crippen MR) is 79.3 cm³/mol. The molecule has 0 spiro atoms. The molecular weight excluding hydrogens is 304 g/mol. The Balaban J connectivity index is 1.81. The molecule has 2 atom stereocenters. The molecule has 23 heavy (non-hydrogen) atoms. The van der Waals surface area contributed by atoms with Crippen molar-refractivity contribution in [3.8, 4) is 0 Å². The minimum Gasteiger partial charge on any atom is -0.463 e. The monoisotopic (exact) mass is 328 g/mol. The summed E-state index contributed by atoms with van der Waals surface area (Å²) in [6.45, 7) is 2.61. The van der Waals surface area contributed by atoms with Gasteiger partial charge in [0.15, 0.2) is 6.61 Å². The largest absolute Gasteiger partial charge is 0.463 e. The summed E-state index contributed by atoms with van der Waals surface area (Å²) in [5.74, 6) is -1.44. The van der Waals surface area contributed by atoms with Crippen LogP contribution in [0.3, 0.4) is 0 Å². The highest BCUT2D eigenvalue weighted by atomic mass is 16.6. The minimum absolute atomic E-state index is 0.0763. The van der Waals surface area contributed by atoms with E-state index in [0.717, 1.165) is 12.5 Å². The Morgan fingerprint density at radius 2 is 1.65 bits per heavy atom. The van der Waals surface area contributed by atoms with Gasteiger partial charge in [-0.2, -0.15) is 0 Å². The topological polar surface area (TPSA) is 113 Å². The molecule has 0 amide bonds. The summed E-state index contributed by atoms with van der Waals surface area (Å²) in [4.78, 5) is 22.2. The molecule has 130 valence electrons. The standard InChI is InChI=1S/C16H24O7/c1-2-12(17)23-8-13(18)22-7-6-16(21)10-14(19)4-3-5-15(20,9-14)11-16/h2,19-21H,1,3-11H2. The van der Waals surface area contributed by atoms with Gasteiger partial charge in [0.05, 0.1) is 23.4 Å². The molecule has 0 aromatic heterocycles. The second kappa shape index (κ2) is 6.59. The summed E-state index contributed by atoms with van der Waals surface area (Å²) in [6, 6.07) is 0. The summed E-state index contributed by atoms with van der Waals surface area (Å²) in [6.07, 6.45) is 3.48. The first kappa shape index (κ1) is 17.9. The van der Waals surface area contributed by atoms with Crippen molar-refractivity contribution in [2.45, 2.75) is 61.7 Å². The van der Waals surface area contributed by atoms with Crippen LogP contribution in [0.15, 0.2) is 12.7 Å². The molecule has 7 nitrogen and oxygen atoms in total. The van der Waals surface area contributed by atoms with E-state index in [4.69, 9.17) is 4.74 Å². The lowest BCUT2D eigenvalue weighted by molar-refractivity contribution is -0.205. The molecule has 2 aliphatic carbocycles. The van der Waals surface area contributed by atoms with Crippen molar-refractivity contribution >= 4 is 11.9 Å². The lowest BCUT2D eigenvalue weighted by atomic mass is 9.60. The van der Waals surface area contributed by atoms with E-state index in [1.54, 1.807) is 0 Å². The number of ether oxygens (including phenoxy) is 2. The lowest BCUT2D eigenvalue weighted by Gasteiger charge is -2.53. The molecule has 2 saturated carbocycles. The predicted octanol–water partition coefficient (Wildman–Crippen LogP) is 0.210. The molecule has 0 saturated heterocycles. The average Bonchev–Trinajstić information content (AvgIpc) is 2.41. The normalized spacial score (nSPS) is 36.1. The van der Waals surface area contributed by atoms with Crippen LogP contribution in [-0.4, -0.2) is 57.3 Å². The van der Waals surface area contributed by atoms with E-state index >= 15 is 0 Å². The van der Waals surface area contributed by atoms with Gasteiger partial charge >= 0.3 is 11.9 Å². The van der Waals surface area contributed by atoms with Crippen molar-refractivity contribution in [2.24, 2.45) is 0 Å². The smallest absolute Gasteiger partial charge is 0.344 e. The number of fused-ring (bicyclic) bond motifs is 2. The van der Waals surface area contributed by atoms with E-state index in [-0.39, 0.29) is 32.3 Å². The van der Waals surface area contributed by atoms with Crippen LogP contribution in [0.25, 0.3) is 0 Å². The second-order valence-corrected chi connectivity index (χ2v) is 6.84. The summed E-state index contributed by atoms with van der Waals surface area (Å²) in [5.41, 5.74) is -3.41. The van der Waals surface area contributed by atoms with Gasteiger partial charge in [-0.3, -0.25) is 0 Å². The number of rotatable bonds is 6. The fourth-order valence-electron chi connectivity index (χ4n) is 3.89. The highest BCUT2D eigenvalue weighted by Gasteiger charge is 2.54. The molecule has 0 radical (unpaired) electrons. The number of carbonyl (C=O) groups excluding carboxylic acids is 2. The maximum atomic E-state index is 11.4. The van der Waals surface area contributed by atoms with Gasteiger partial charge in [0, 0.05) is 31.8 Å². The summed E-state index contributed by atoms with van der Waals surface area (Å²) in [5, 5.41) is 31.6. The molecule has 2 rings (SSSR count). The SMILES string of the molecule is C=CC(=O)OCC(=O)OCCC1(O)CC2(O)CCCC(O)(C2)C1. The van der Waals surface area contributed by atoms with E-state index in [1.807, 2.05) is 0 Å². The molecule has 2 unspecified atom stereocenters. The number of aliphatic hydroxyl groups is 3. The Morgan fingerprint density at radius 3 is 2.22 bits per heavy atom. The number of esters is 2. The first-order valence-corrected chi connectivity index (χ1v) is 7.80. The zero-order chi connectivity index (χ0) is 17.1. The Hall–Kier alpha value is -1.44. The maximum Gasteiger partial charge on any atom is 0.344 e. The van der Waals surface area contributed by atoms with Crippen LogP contribution in [0.1, 0.15) is 44.9 Å². The molecular formula is C16H24O7. The third kappa shape index (κ3) is 4.76. The molecule has 2 bridgehead atoms. The van der Waals surface area contributed by atoms with Gasteiger partial charge in [0.2, 0.25) is 0 Å². The molecule has 2 aliphatic rings. The van der Waals surface area contributed by atoms with Gasteiger partial charge < -0.3 is 24.8 Å². The zero-order valence-corrected chi connectivity index (χ0v) is 13.1. The Labute approximate surface area is 134 Å². The molecule has 2 fully saturated rings. The fourth-order valence-corrected chi connectivity index (χ4v) is 3.89. The summed E-state index contributed by atoms with van der Waals surface area (Å²) >= 11 is 0. The van der Waals surface area contributed by atoms with Gasteiger partial charge in [0.25, 0.3) is 0 Å². The van der Waals surface area contributed by atoms with E-state index < -0.39 is 35.3 Å². The maximum absolute atomic E-state index is 11.4. The highest BCUT2D eigenvalue weighted by Crippen LogP contribution is 2.50. The van der Waals surface area contributed by atoms with E-state index in [0.29, 0.717) is 12.8 Å². The van der Waals surface area contributed by atoms with Crippen molar-refractivity contribution in [3.05, 3.63) is 12.7 Å². The van der Waals surface area contributed by atoms with Crippen molar-refractivity contribution in [1.29, 1.82) is 0 Å². The van der Waals surface area contributed by atoms with Crippen LogP contribution in [0.4, 0.5) is 0 Å². The fraction of sp³-hybridized carbons (Fsp3) is 0.750. The Kier molecular flexibility index (Phi) is 5.13. The highest BCUT2D eigenvalue weighted by molar-refractivity contribution is 5.83. The second-order valence-electron chi connectivity index (χ2n) is 6.84. The van der Waals surface area contributed by atoms with Gasteiger partial charge in [-0.05, 0) is 19.3 Å². The van der Waals surface area contributed by atoms with Crippen LogP contribution in [-0.2, 0) is 19.1 Å². The van der Waals surface area contributed by atoms with E-state index in [2.05, 4.69) is 11.3 Å². The van der Waals surface area contributed by atoms with Crippen LogP contribution in [0, 0.1) is 0 Å². The summed E-state index contributed by atoms with van der Waals surface area (Å²) in [7, 11) is 0. The van der Waals surface area contributed by atoms with Gasteiger partial charge in [-0.1, -0.05) is 6.58 Å². The first-order chi connectivity index (χ1) is 10.7. The lowest BCUT2D eigenvalue weighted by Crippen LogP contribution is -2.59. The van der Waals surface area contributed by atoms with Crippen LogP contribution < -0.4 is 0 Å². The molecule has 3 N–H and O–H groups in total. The summed E-state index contributed by atoms with van der Waals surface area (Å²) < 4.78 is 9.46. The number of hydrogen-bond donors (Lipinski definition) is 3. The molecule has 0 aromatic carbocycles. The quantitative estimate of drug-likeness (QED) is 0.472. The van der Waals surface area contributed by atoms with Crippen molar-refractivity contribution in [3.63, 3.8) is 0 Å². The zero-order valence-electron chi connectivity index (χ0n) is 13.1. The van der Waals surface area contributed by atoms with Crippen LogP contribution in [0.2, 0.25) is 0 Å². The molecule has 0 aromatic rings. The van der Waals surface area contributed by atoms with E-state index in [1.165, 1.54) is 0 Å². The molecule has 7 heteroatoms. The Morgan fingerprint density at radius 1 is 1.04 bits per heavy atom. The minimum atomic E-state index is -1.28. The average molecular weight is 328 g/mol. The molecule has 0 aliphatic heterocycles. The number of hydrogen-bond acceptors (Lipinski definition) is 7.